The standard InChI is InChI=1S/C14H16BClO3/c1-3-10-11(14(2,16)13(15)18-10)19-12(17)9-7-5-4-6-8-9/h4-8,10-11,13H,3H2,1-2H3/t10-,11-,13-,14-/m1/s1. The van der Waals surface area contributed by atoms with Gasteiger partial charge in [0.1, 0.15) is 14.0 Å². The minimum absolute atomic E-state index is 0.273. The van der Waals surface area contributed by atoms with Crippen LogP contribution in [0.25, 0.3) is 0 Å². The van der Waals surface area contributed by atoms with Gasteiger partial charge in [-0.15, -0.1) is 11.6 Å². The summed E-state index contributed by atoms with van der Waals surface area (Å²) in [5, 5.41) is 0. The van der Waals surface area contributed by atoms with Gasteiger partial charge >= 0.3 is 5.97 Å². The Morgan fingerprint density at radius 1 is 1.47 bits per heavy atom. The van der Waals surface area contributed by atoms with E-state index in [0.717, 1.165) is 0 Å². The zero-order valence-electron chi connectivity index (χ0n) is 11.0. The van der Waals surface area contributed by atoms with Crippen molar-refractivity contribution in [3.63, 3.8) is 0 Å². The average molecular weight is 279 g/mol. The molecule has 0 N–H and O–H groups in total. The summed E-state index contributed by atoms with van der Waals surface area (Å²) >= 11 is 6.36. The summed E-state index contributed by atoms with van der Waals surface area (Å²) in [6, 6.07) is 8.16. The minimum atomic E-state index is -0.912. The molecule has 2 rings (SSSR count). The van der Waals surface area contributed by atoms with Crippen LogP contribution in [-0.2, 0) is 9.47 Å². The van der Waals surface area contributed by atoms with Crippen molar-refractivity contribution in [2.45, 2.75) is 43.4 Å². The van der Waals surface area contributed by atoms with Crippen molar-refractivity contribution < 1.29 is 14.3 Å². The molecule has 0 spiro atoms. The Labute approximate surface area is 119 Å². The van der Waals surface area contributed by atoms with Gasteiger partial charge in [-0.3, -0.25) is 0 Å². The van der Waals surface area contributed by atoms with Crippen LogP contribution in [0.3, 0.4) is 0 Å². The SMILES string of the molecule is [B][C@@H]1O[C@H](CC)[C@@H](OC(=O)c2ccccc2)[C@@]1(C)Cl. The van der Waals surface area contributed by atoms with Crippen molar-refractivity contribution >= 4 is 25.4 Å². The van der Waals surface area contributed by atoms with Crippen LogP contribution in [-0.4, -0.2) is 36.9 Å². The van der Waals surface area contributed by atoms with E-state index < -0.39 is 23.0 Å². The number of carbonyl (C=O) groups is 1. The van der Waals surface area contributed by atoms with Gasteiger partial charge in [-0.1, -0.05) is 25.1 Å². The Hall–Kier alpha value is -0.995. The molecule has 0 unspecified atom stereocenters. The third kappa shape index (κ3) is 2.80. The molecular weight excluding hydrogens is 262 g/mol. The van der Waals surface area contributed by atoms with Gasteiger partial charge in [0.25, 0.3) is 0 Å². The third-order valence-corrected chi connectivity index (χ3v) is 3.85. The van der Waals surface area contributed by atoms with Crippen LogP contribution in [0.4, 0.5) is 0 Å². The van der Waals surface area contributed by atoms with Gasteiger partial charge in [-0.2, -0.15) is 0 Å². The first kappa shape index (κ1) is 14.4. The fourth-order valence-electron chi connectivity index (χ4n) is 2.18. The molecule has 2 radical (unpaired) electrons. The van der Waals surface area contributed by atoms with Crippen molar-refractivity contribution in [2.75, 3.05) is 0 Å². The monoisotopic (exact) mass is 278 g/mol. The number of carbonyl (C=O) groups excluding carboxylic acids is 1. The predicted molar refractivity (Wildman–Crippen MR) is 74.6 cm³/mol. The van der Waals surface area contributed by atoms with Crippen LogP contribution in [0.2, 0.25) is 0 Å². The quantitative estimate of drug-likeness (QED) is 0.484. The van der Waals surface area contributed by atoms with E-state index in [0.29, 0.717) is 12.0 Å². The summed E-state index contributed by atoms with van der Waals surface area (Å²) in [6.45, 7) is 3.68. The van der Waals surface area contributed by atoms with Crippen LogP contribution in [0.15, 0.2) is 30.3 Å². The lowest BCUT2D eigenvalue weighted by molar-refractivity contribution is -0.00556. The van der Waals surface area contributed by atoms with E-state index in [1.165, 1.54) is 0 Å². The maximum atomic E-state index is 12.1. The Morgan fingerprint density at radius 3 is 2.68 bits per heavy atom. The Bertz CT molecular complexity index is 449. The summed E-state index contributed by atoms with van der Waals surface area (Å²) in [5.41, 5.74) is 0.491. The molecule has 1 saturated heterocycles. The van der Waals surface area contributed by atoms with Crippen LogP contribution in [0.5, 0.6) is 0 Å². The molecule has 4 atom stereocenters. The maximum absolute atomic E-state index is 12.1. The molecule has 0 amide bonds. The number of hydrogen-bond donors (Lipinski definition) is 0. The average Bonchev–Trinajstić information content (AvgIpc) is 2.63. The largest absolute Gasteiger partial charge is 0.454 e. The molecule has 19 heavy (non-hydrogen) atoms. The van der Waals surface area contributed by atoms with Gasteiger partial charge in [-0.05, 0) is 25.5 Å². The maximum Gasteiger partial charge on any atom is 0.338 e. The molecule has 1 aliphatic heterocycles. The van der Waals surface area contributed by atoms with Gasteiger partial charge in [0.05, 0.1) is 16.5 Å². The zero-order chi connectivity index (χ0) is 14.0. The molecule has 100 valence electrons. The number of hydrogen-bond acceptors (Lipinski definition) is 3. The molecular formula is C14H16BClO3. The van der Waals surface area contributed by atoms with E-state index in [2.05, 4.69) is 0 Å². The van der Waals surface area contributed by atoms with Crippen molar-refractivity contribution in [2.24, 2.45) is 0 Å². The topological polar surface area (TPSA) is 35.5 Å². The van der Waals surface area contributed by atoms with E-state index in [-0.39, 0.29) is 6.10 Å². The summed E-state index contributed by atoms with van der Waals surface area (Å²) in [6.07, 6.45) is -0.144. The first-order valence-corrected chi connectivity index (χ1v) is 6.70. The second-order valence-corrected chi connectivity index (χ2v) is 5.66. The van der Waals surface area contributed by atoms with Gasteiger partial charge in [0.15, 0.2) is 0 Å². The number of halogens is 1. The summed E-state index contributed by atoms with van der Waals surface area (Å²) in [5.74, 6) is -0.409. The lowest BCUT2D eigenvalue weighted by Gasteiger charge is -2.27. The normalized spacial score (nSPS) is 34.2. The summed E-state index contributed by atoms with van der Waals surface area (Å²) in [4.78, 5) is 11.2. The molecule has 1 aromatic rings. The Morgan fingerprint density at radius 2 is 2.11 bits per heavy atom. The van der Waals surface area contributed by atoms with Crippen molar-refractivity contribution in [3.8, 4) is 0 Å². The highest BCUT2D eigenvalue weighted by Gasteiger charge is 2.51. The highest BCUT2D eigenvalue weighted by molar-refractivity contribution is 6.30. The molecule has 0 bridgehead atoms. The van der Waals surface area contributed by atoms with Gasteiger partial charge in [0, 0.05) is 6.00 Å². The fraction of sp³-hybridized carbons (Fsp3) is 0.500. The number of benzene rings is 1. The van der Waals surface area contributed by atoms with E-state index in [1.807, 2.05) is 13.0 Å². The summed E-state index contributed by atoms with van der Waals surface area (Å²) in [7, 11) is 5.84. The first-order valence-electron chi connectivity index (χ1n) is 6.32. The lowest BCUT2D eigenvalue weighted by atomic mass is 9.85. The molecule has 1 aliphatic rings. The molecule has 0 saturated carbocycles. The zero-order valence-corrected chi connectivity index (χ0v) is 11.8. The molecule has 1 fully saturated rings. The van der Waals surface area contributed by atoms with Crippen LogP contribution in [0, 0.1) is 0 Å². The summed E-state index contributed by atoms with van der Waals surface area (Å²) < 4.78 is 11.1. The van der Waals surface area contributed by atoms with Crippen molar-refractivity contribution in [1.29, 1.82) is 0 Å². The van der Waals surface area contributed by atoms with Gasteiger partial charge in [0.2, 0.25) is 0 Å². The van der Waals surface area contributed by atoms with Crippen LogP contribution in [0.1, 0.15) is 30.6 Å². The van der Waals surface area contributed by atoms with E-state index in [4.69, 9.17) is 28.9 Å². The molecule has 1 heterocycles. The van der Waals surface area contributed by atoms with Crippen LogP contribution < -0.4 is 0 Å². The molecule has 3 nitrogen and oxygen atoms in total. The third-order valence-electron chi connectivity index (χ3n) is 3.42. The highest BCUT2D eigenvalue weighted by atomic mass is 35.5. The van der Waals surface area contributed by atoms with E-state index in [9.17, 15) is 4.79 Å². The first-order chi connectivity index (χ1) is 8.96. The second-order valence-electron chi connectivity index (χ2n) is 4.85. The number of ether oxygens (including phenoxy) is 2. The number of alkyl halides is 1. The van der Waals surface area contributed by atoms with Gasteiger partial charge < -0.3 is 9.47 Å². The van der Waals surface area contributed by atoms with Crippen molar-refractivity contribution in [1.82, 2.24) is 0 Å². The molecule has 5 heteroatoms. The minimum Gasteiger partial charge on any atom is -0.454 e. The number of esters is 1. The highest BCUT2D eigenvalue weighted by Crippen LogP contribution is 2.38. The predicted octanol–water partition coefficient (Wildman–Crippen LogP) is 2.51. The van der Waals surface area contributed by atoms with Crippen molar-refractivity contribution in [3.05, 3.63) is 35.9 Å². The lowest BCUT2D eigenvalue weighted by Crippen LogP contribution is -2.43. The Kier molecular flexibility index (Phi) is 4.21. The molecule has 0 aromatic heterocycles. The van der Waals surface area contributed by atoms with Crippen LogP contribution >= 0.6 is 11.6 Å². The molecule has 0 aliphatic carbocycles. The smallest absolute Gasteiger partial charge is 0.338 e. The van der Waals surface area contributed by atoms with E-state index in [1.54, 1.807) is 31.2 Å². The molecule has 1 aromatic carbocycles. The number of rotatable bonds is 3. The fourth-order valence-corrected chi connectivity index (χ4v) is 2.41. The Balaban J connectivity index is 2.15. The van der Waals surface area contributed by atoms with E-state index >= 15 is 0 Å². The second kappa shape index (κ2) is 5.55. The van der Waals surface area contributed by atoms with Gasteiger partial charge in [-0.25, -0.2) is 4.79 Å².